The SMILES string of the molecule is C1CCN(CC23CNCC(C2)C3)CC1. The van der Waals surface area contributed by atoms with E-state index in [1.54, 1.807) is 0 Å². The standard InChI is InChI=1S/C12H22N2/c1-2-4-14(5-3-1)10-12-6-11(7-12)8-13-9-12/h11,13H,1-10H2. The minimum Gasteiger partial charge on any atom is -0.316 e. The van der Waals surface area contributed by atoms with E-state index in [0.717, 1.165) is 5.92 Å². The number of nitrogens with zero attached hydrogens (tertiary/aromatic N) is 1. The van der Waals surface area contributed by atoms with Gasteiger partial charge in [-0.1, -0.05) is 6.42 Å². The highest BCUT2D eigenvalue weighted by molar-refractivity contribution is 5.01. The Morgan fingerprint density at radius 3 is 2.57 bits per heavy atom. The molecule has 0 atom stereocenters. The van der Waals surface area contributed by atoms with Crippen LogP contribution in [-0.2, 0) is 0 Å². The van der Waals surface area contributed by atoms with Crippen LogP contribution < -0.4 is 5.32 Å². The van der Waals surface area contributed by atoms with Gasteiger partial charge in [-0.25, -0.2) is 0 Å². The van der Waals surface area contributed by atoms with Gasteiger partial charge in [0.05, 0.1) is 0 Å². The minimum atomic E-state index is 0.695. The second-order valence-corrected chi connectivity index (χ2v) is 5.74. The highest BCUT2D eigenvalue weighted by atomic mass is 15.1. The number of fused-ring (bicyclic) bond motifs is 2. The van der Waals surface area contributed by atoms with Gasteiger partial charge in [0.2, 0.25) is 0 Å². The summed E-state index contributed by atoms with van der Waals surface area (Å²) in [5, 5.41) is 3.59. The summed E-state index contributed by atoms with van der Waals surface area (Å²) in [6.45, 7) is 6.71. The molecule has 0 aromatic carbocycles. The third kappa shape index (κ3) is 1.59. The Morgan fingerprint density at radius 2 is 1.93 bits per heavy atom. The zero-order valence-corrected chi connectivity index (χ0v) is 9.10. The summed E-state index contributed by atoms with van der Waals surface area (Å²) in [7, 11) is 0. The van der Waals surface area contributed by atoms with E-state index in [1.807, 2.05) is 0 Å². The van der Waals surface area contributed by atoms with Crippen LogP contribution in [0.1, 0.15) is 32.1 Å². The van der Waals surface area contributed by atoms with Crippen molar-refractivity contribution in [1.29, 1.82) is 0 Å². The maximum absolute atomic E-state index is 3.59. The molecule has 1 N–H and O–H groups in total. The third-order valence-corrected chi connectivity index (χ3v) is 4.38. The lowest BCUT2D eigenvalue weighted by molar-refractivity contribution is -0.0214. The van der Waals surface area contributed by atoms with Crippen molar-refractivity contribution in [2.75, 3.05) is 32.7 Å². The monoisotopic (exact) mass is 194 g/mol. The molecule has 4 aliphatic rings. The molecule has 0 radical (unpaired) electrons. The Hall–Kier alpha value is -0.0800. The van der Waals surface area contributed by atoms with E-state index < -0.39 is 0 Å². The summed E-state index contributed by atoms with van der Waals surface area (Å²) in [6.07, 6.45) is 7.36. The molecule has 2 bridgehead atoms. The molecule has 3 saturated heterocycles. The van der Waals surface area contributed by atoms with Crippen molar-refractivity contribution in [3.8, 4) is 0 Å². The first-order valence-electron chi connectivity index (χ1n) is 6.29. The van der Waals surface area contributed by atoms with Crippen LogP contribution in [0.4, 0.5) is 0 Å². The van der Waals surface area contributed by atoms with Gasteiger partial charge >= 0.3 is 0 Å². The van der Waals surface area contributed by atoms with Crippen molar-refractivity contribution in [3.63, 3.8) is 0 Å². The van der Waals surface area contributed by atoms with Gasteiger partial charge in [0.1, 0.15) is 0 Å². The zero-order valence-electron chi connectivity index (χ0n) is 9.10. The first-order valence-corrected chi connectivity index (χ1v) is 6.29. The van der Waals surface area contributed by atoms with Gasteiger partial charge in [-0.3, -0.25) is 0 Å². The van der Waals surface area contributed by atoms with Crippen LogP contribution in [-0.4, -0.2) is 37.6 Å². The molecule has 3 aliphatic heterocycles. The largest absolute Gasteiger partial charge is 0.316 e. The number of likely N-dealkylation sites (tertiary alicyclic amines) is 1. The number of piperidine rings is 3. The Bertz CT molecular complexity index is 197. The van der Waals surface area contributed by atoms with Gasteiger partial charge < -0.3 is 10.2 Å². The molecule has 0 amide bonds. The highest BCUT2D eigenvalue weighted by Crippen LogP contribution is 2.48. The molecule has 0 aromatic heterocycles. The smallest absolute Gasteiger partial charge is 0.00504 e. The van der Waals surface area contributed by atoms with Gasteiger partial charge in [0.25, 0.3) is 0 Å². The lowest BCUT2D eigenvalue weighted by Crippen LogP contribution is -2.59. The molecule has 4 fully saturated rings. The van der Waals surface area contributed by atoms with E-state index in [9.17, 15) is 0 Å². The van der Waals surface area contributed by atoms with Gasteiger partial charge in [-0.15, -0.1) is 0 Å². The number of nitrogens with one attached hydrogen (secondary N) is 1. The minimum absolute atomic E-state index is 0.695. The summed E-state index contributed by atoms with van der Waals surface area (Å²) in [4.78, 5) is 2.72. The van der Waals surface area contributed by atoms with Crippen molar-refractivity contribution < 1.29 is 0 Å². The average molecular weight is 194 g/mol. The van der Waals surface area contributed by atoms with Crippen LogP contribution in [0.3, 0.4) is 0 Å². The fraction of sp³-hybridized carbons (Fsp3) is 1.00. The molecule has 1 saturated carbocycles. The first kappa shape index (κ1) is 9.17. The van der Waals surface area contributed by atoms with E-state index in [1.165, 1.54) is 64.8 Å². The van der Waals surface area contributed by atoms with Crippen molar-refractivity contribution in [2.24, 2.45) is 11.3 Å². The van der Waals surface area contributed by atoms with Crippen molar-refractivity contribution in [1.82, 2.24) is 10.2 Å². The lowest BCUT2D eigenvalue weighted by atomic mass is 9.59. The van der Waals surface area contributed by atoms with Crippen LogP contribution in [0.5, 0.6) is 0 Å². The van der Waals surface area contributed by atoms with Gasteiger partial charge in [0, 0.05) is 13.1 Å². The van der Waals surface area contributed by atoms with Crippen LogP contribution in [0.25, 0.3) is 0 Å². The maximum atomic E-state index is 3.59. The van der Waals surface area contributed by atoms with E-state index >= 15 is 0 Å². The molecular weight excluding hydrogens is 172 g/mol. The lowest BCUT2D eigenvalue weighted by Gasteiger charge is -2.55. The normalized spacial score (nSPS) is 43.3. The fourth-order valence-corrected chi connectivity index (χ4v) is 3.77. The predicted molar refractivity (Wildman–Crippen MR) is 58.3 cm³/mol. The van der Waals surface area contributed by atoms with Crippen LogP contribution in [0.15, 0.2) is 0 Å². The Morgan fingerprint density at radius 1 is 1.14 bits per heavy atom. The van der Waals surface area contributed by atoms with E-state index in [-0.39, 0.29) is 0 Å². The molecule has 4 rings (SSSR count). The molecule has 1 aliphatic carbocycles. The molecule has 2 heteroatoms. The van der Waals surface area contributed by atoms with Crippen molar-refractivity contribution >= 4 is 0 Å². The highest BCUT2D eigenvalue weighted by Gasteiger charge is 2.47. The van der Waals surface area contributed by atoms with E-state index in [0.29, 0.717) is 5.41 Å². The predicted octanol–water partition coefficient (Wildman–Crippen LogP) is 1.47. The van der Waals surface area contributed by atoms with Gasteiger partial charge in [-0.05, 0) is 56.7 Å². The van der Waals surface area contributed by atoms with Crippen LogP contribution in [0, 0.1) is 11.3 Å². The Kier molecular flexibility index (Phi) is 2.29. The van der Waals surface area contributed by atoms with Crippen molar-refractivity contribution in [3.05, 3.63) is 0 Å². The average Bonchev–Trinajstić information content (AvgIpc) is 2.18. The number of hydrogen-bond acceptors (Lipinski definition) is 2. The number of hydrogen-bond donors (Lipinski definition) is 1. The molecule has 3 heterocycles. The number of rotatable bonds is 2. The van der Waals surface area contributed by atoms with Crippen LogP contribution in [0.2, 0.25) is 0 Å². The summed E-state index contributed by atoms with van der Waals surface area (Å²) >= 11 is 0. The molecule has 2 nitrogen and oxygen atoms in total. The fourth-order valence-electron chi connectivity index (χ4n) is 3.77. The second kappa shape index (κ2) is 3.49. The molecule has 0 unspecified atom stereocenters. The summed E-state index contributed by atoms with van der Waals surface area (Å²) in [5.41, 5.74) is 0.695. The molecule has 0 spiro atoms. The quantitative estimate of drug-likeness (QED) is 0.716. The van der Waals surface area contributed by atoms with Gasteiger partial charge in [0.15, 0.2) is 0 Å². The topological polar surface area (TPSA) is 15.3 Å². The maximum Gasteiger partial charge on any atom is 0.00504 e. The first-order chi connectivity index (χ1) is 6.86. The second-order valence-electron chi connectivity index (χ2n) is 5.74. The Balaban J connectivity index is 1.55. The molecule has 80 valence electrons. The van der Waals surface area contributed by atoms with Crippen LogP contribution >= 0.6 is 0 Å². The third-order valence-electron chi connectivity index (χ3n) is 4.38. The summed E-state index contributed by atoms with van der Waals surface area (Å²) in [5.74, 6) is 1.02. The van der Waals surface area contributed by atoms with Crippen molar-refractivity contribution in [2.45, 2.75) is 32.1 Å². The van der Waals surface area contributed by atoms with Gasteiger partial charge in [-0.2, -0.15) is 0 Å². The summed E-state index contributed by atoms with van der Waals surface area (Å²) < 4.78 is 0. The van der Waals surface area contributed by atoms with E-state index in [2.05, 4.69) is 10.2 Å². The zero-order chi connectivity index (χ0) is 9.43. The molecular formula is C12H22N2. The van der Waals surface area contributed by atoms with E-state index in [4.69, 9.17) is 0 Å². The molecule has 0 aromatic rings. The molecule has 14 heavy (non-hydrogen) atoms. The Labute approximate surface area is 87.0 Å². The summed E-state index contributed by atoms with van der Waals surface area (Å²) in [6, 6.07) is 0.